The molecule has 0 aliphatic carbocycles. The summed E-state index contributed by atoms with van der Waals surface area (Å²) in [5.74, 6) is 0.566. The van der Waals surface area contributed by atoms with Crippen LogP contribution in [0.15, 0.2) is 16.5 Å². The lowest BCUT2D eigenvalue weighted by Gasteiger charge is -2.22. The maximum Gasteiger partial charge on any atom is 0.371 e. The first-order chi connectivity index (χ1) is 8.61. The van der Waals surface area contributed by atoms with Gasteiger partial charge in [-0.25, -0.2) is 4.79 Å². The third-order valence-corrected chi connectivity index (χ3v) is 3.81. The Labute approximate surface area is 108 Å². The van der Waals surface area contributed by atoms with Crippen molar-refractivity contribution in [1.82, 2.24) is 4.90 Å². The maximum absolute atomic E-state index is 10.8. The quantitative estimate of drug-likeness (QED) is 0.873. The van der Waals surface area contributed by atoms with Crippen molar-refractivity contribution in [2.45, 2.75) is 39.2 Å². The van der Waals surface area contributed by atoms with Gasteiger partial charge < -0.3 is 9.52 Å². The molecule has 0 radical (unpaired) electrons. The highest BCUT2D eigenvalue weighted by Crippen LogP contribution is 2.30. The largest absolute Gasteiger partial charge is 0.475 e. The molecular weight excluding hydrogens is 230 g/mol. The van der Waals surface area contributed by atoms with E-state index in [9.17, 15) is 4.79 Å². The van der Waals surface area contributed by atoms with Crippen molar-refractivity contribution >= 4 is 5.97 Å². The normalized spacial score (nSPS) is 22.2. The number of furan rings is 1. The van der Waals surface area contributed by atoms with Gasteiger partial charge in [0.25, 0.3) is 0 Å². The Bertz CT molecular complexity index is 413. The van der Waals surface area contributed by atoms with E-state index in [1.54, 1.807) is 6.07 Å². The van der Waals surface area contributed by atoms with Crippen molar-refractivity contribution in [3.8, 4) is 0 Å². The summed E-state index contributed by atoms with van der Waals surface area (Å²) in [7, 11) is 0. The Kier molecular flexibility index (Phi) is 4.07. The van der Waals surface area contributed by atoms with Gasteiger partial charge in [-0.15, -0.1) is 0 Å². The van der Waals surface area contributed by atoms with E-state index < -0.39 is 5.97 Å². The first kappa shape index (κ1) is 13.1. The minimum Gasteiger partial charge on any atom is -0.475 e. The number of hydrogen-bond acceptors (Lipinski definition) is 3. The predicted octanol–water partition coefficient (Wildman–Crippen LogP) is 3.16. The molecule has 4 heteroatoms. The van der Waals surface area contributed by atoms with Crippen LogP contribution in [0.25, 0.3) is 0 Å². The van der Waals surface area contributed by atoms with E-state index in [4.69, 9.17) is 9.52 Å². The van der Waals surface area contributed by atoms with Crippen molar-refractivity contribution in [3.63, 3.8) is 0 Å². The van der Waals surface area contributed by atoms with Gasteiger partial charge in [-0.2, -0.15) is 0 Å². The molecule has 1 aliphatic rings. The number of hydrogen-bond donors (Lipinski definition) is 1. The molecular formula is C14H21NO3. The summed E-state index contributed by atoms with van der Waals surface area (Å²) in [6.45, 7) is 6.48. The lowest BCUT2D eigenvalue weighted by Crippen LogP contribution is -2.24. The zero-order valence-electron chi connectivity index (χ0n) is 11.1. The number of carboxylic acid groups (broad SMARTS) is 1. The van der Waals surface area contributed by atoms with Crippen LogP contribution in [0.3, 0.4) is 0 Å². The Balaban J connectivity index is 1.98. The van der Waals surface area contributed by atoms with E-state index in [1.165, 1.54) is 25.3 Å². The molecule has 0 bridgehead atoms. The fourth-order valence-corrected chi connectivity index (χ4v) is 2.73. The minimum absolute atomic E-state index is 0.0288. The van der Waals surface area contributed by atoms with E-state index in [0.29, 0.717) is 0 Å². The summed E-state index contributed by atoms with van der Waals surface area (Å²) < 4.78 is 5.37. The fourth-order valence-electron chi connectivity index (χ4n) is 2.73. The zero-order chi connectivity index (χ0) is 13.1. The average molecular weight is 251 g/mol. The molecule has 0 saturated carbocycles. The molecule has 2 unspecified atom stereocenters. The van der Waals surface area contributed by atoms with E-state index in [2.05, 4.69) is 18.7 Å². The molecule has 18 heavy (non-hydrogen) atoms. The molecule has 4 nitrogen and oxygen atoms in total. The van der Waals surface area contributed by atoms with Gasteiger partial charge in [-0.1, -0.05) is 13.3 Å². The molecule has 1 saturated heterocycles. The van der Waals surface area contributed by atoms with Crippen LogP contribution in [0.1, 0.15) is 55.5 Å². The predicted molar refractivity (Wildman–Crippen MR) is 68.7 cm³/mol. The van der Waals surface area contributed by atoms with Crippen LogP contribution in [0.4, 0.5) is 0 Å². The molecule has 1 aromatic heterocycles. The Morgan fingerprint density at radius 3 is 3.00 bits per heavy atom. The van der Waals surface area contributed by atoms with E-state index >= 15 is 0 Å². The highest BCUT2D eigenvalue weighted by Gasteiger charge is 2.28. The number of carboxylic acids is 1. The van der Waals surface area contributed by atoms with Crippen LogP contribution < -0.4 is 0 Å². The summed E-state index contributed by atoms with van der Waals surface area (Å²) in [5.41, 5.74) is 0. The molecule has 1 aromatic rings. The summed E-state index contributed by atoms with van der Waals surface area (Å²) in [5, 5.41) is 8.85. The second-order valence-electron chi connectivity index (χ2n) is 5.12. The maximum atomic E-state index is 10.8. The lowest BCUT2D eigenvalue weighted by atomic mass is 10.0. The van der Waals surface area contributed by atoms with Crippen molar-refractivity contribution < 1.29 is 14.3 Å². The van der Waals surface area contributed by atoms with Gasteiger partial charge in [0, 0.05) is 6.54 Å². The Hall–Kier alpha value is -1.29. The second kappa shape index (κ2) is 5.57. The van der Waals surface area contributed by atoms with Crippen molar-refractivity contribution in [1.29, 1.82) is 0 Å². The molecule has 0 amide bonds. The summed E-state index contributed by atoms with van der Waals surface area (Å²) >= 11 is 0. The molecule has 2 heterocycles. The molecule has 0 aromatic carbocycles. The third-order valence-electron chi connectivity index (χ3n) is 3.81. The highest BCUT2D eigenvalue weighted by molar-refractivity contribution is 5.84. The van der Waals surface area contributed by atoms with Crippen LogP contribution >= 0.6 is 0 Å². The van der Waals surface area contributed by atoms with Gasteiger partial charge in [-0.3, -0.25) is 4.90 Å². The zero-order valence-corrected chi connectivity index (χ0v) is 11.1. The lowest BCUT2D eigenvalue weighted by molar-refractivity contribution is 0.0656. The Morgan fingerprint density at radius 1 is 1.61 bits per heavy atom. The van der Waals surface area contributed by atoms with Crippen LogP contribution in [0, 0.1) is 5.92 Å². The molecule has 1 fully saturated rings. The second-order valence-corrected chi connectivity index (χ2v) is 5.12. The van der Waals surface area contributed by atoms with Gasteiger partial charge in [0.1, 0.15) is 5.76 Å². The van der Waals surface area contributed by atoms with Crippen LogP contribution in [-0.2, 0) is 0 Å². The molecule has 1 aliphatic heterocycles. The molecule has 0 spiro atoms. The van der Waals surface area contributed by atoms with E-state index in [0.717, 1.165) is 24.8 Å². The van der Waals surface area contributed by atoms with Crippen molar-refractivity contribution in [2.24, 2.45) is 5.92 Å². The van der Waals surface area contributed by atoms with Gasteiger partial charge in [-0.05, 0) is 44.4 Å². The number of rotatable bonds is 5. The van der Waals surface area contributed by atoms with E-state index in [-0.39, 0.29) is 11.8 Å². The van der Waals surface area contributed by atoms with Gasteiger partial charge in [0.05, 0.1) is 6.04 Å². The van der Waals surface area contributed by atoms with Crippen LogP contribution in [-0.4, -0.2) is 29.1 Å². The molecule has 2 rings (SSSR count). The highest BCUT2D eigenvalue weighted by atomic mass is 16.4. The topological polar surface area (TPSA) is 53.7 Å². The van der Waals surface area contributed by atoms with Gasteiger partial charge in [0.2, 0.25) is 5.76 Å². The Morgan fingerprint density at radius 2 is 2.39 bits per heavy atom. The van der Waals surface area contributed by atoms with Crippen molar-refractivity contribution in [2.75, 3.05) is 13.1 Å². The number of aromatic carboxylic acids is 1. The smallest absolute Gasteiger partial charge is 0.371 e. The van der Waals surface area contributed by atoms with Crippen LogP contribution in [0.5, 0.6) is 0 Å². The van der Waals surface area contributed by atoms with Gasteiger partial charge >= 0.3 is 5.97 Å². The summed E-state index contributed by atoms with van der Waals surface area (Å²) in [4.78, 5) is 13.2. The first-order valence-corrected chi connectivity index (χ1v) is 6.69. The average Bonchev–Trinajstić information content (AvgIpc) is 2.97. The van der Waals surface area contributed by atoms with Crippen LogP contribution in [0.2, 0.25) is 0 Å². The fraction of sp³-hybridized carbons (Fsp3) is 0.643. The SMILES string of the molecule is CCCC1CCN(C(C)c2ccc(C(=O)O)o2)C1. The van der Waals surface area contributed by atoms with E-state index in [1.807, 2.05) is 0 Å². The minimum atomic E-state index is -1.00. The number of carbonyl (C=O) groups is 1. The van der Waals surface area contributed by atoms with Gasteiger partial charge in [0.15, 0.2) is 0 Å². The molecule has 1 N–H and O–H groups in total. The number of nitrogens with zero attached hydrogens (tertiary/aromatic N) is 1. The van der Waals surface area contributed by atoms with Crippen molar-refractivity contribution in [3.05, 3.63) is 23.7 Å². The molecule has 2 atom stereocenters. The monoisotopic (exact) mass is 251 g/mol. The number of likely N-dealkylation sites (tertiary alicyclic amines) is 1. The molecule has 100 valence electrons. The summed E-state index contributed by atoms with van der Waals surface area (Å²) in [6, 6.07) is 3.48. The summed E-state index contributed by atoms with van der Waals surface area (Å²) in [6.07, 6.45) is 3.75. The third kappa shape index (κ3) is 2.75. The standard InChI is InChI=1S/C14H21NO3/c1-3-4-11-7-8-15(9-11)10(2)12-5-6-13(18-12)14(16)17/h5-6,10-11H,3-4,7-9H2,1-2H3,(H,16,17). The first-order valence-electron chi connectivity index (χ1n) is 6.69.